The number of benzene rings is 1. The van der Waals surface area contributed by atoms with Crippen molar-refractivity contribution in [3.05, 3.63) is 29.8 Å². The summed E-state index contributed by atoms with van der Waals surface area (Å²) < 4.78 is 5.13. The standard InChI is InChI=1S/C14H23NO2.ClH/c1-14(2,3)13(15)9-12(16)10-6-5-7-11(8-10)17-4;/h5-8,12-13,16H,9,15H2,1-4H3;1H/t12-,13-;/m0./s1. The van der Waals surface area contributed by atoms with Gasteiger partial charge in [0, 0.05) is 6.04 Å². The lowest BCUT2D eigenvalue weighted by Gasteiger charge is -2.29. The van der Waals surface area contributed by atoms with Crippen LogP contribution in [-0.4, -0.2) is 18.3 Å². The Labute approximate surface area is 116 Å². The molecular weight excluding hydrogens is 250 g/mol. The molecule has 0 bridgehead atoms. The molecule has 1 aromatic carbocycles. The second-order valence-electron chi connectivity index (χ2n) is 5.50. The second-order valence-corrected chi connectivity index (χ2v) is 5.50. The van der Waals surface area contributed by atoms with Crippen molar-refractivity contribution in [1.82, 2.24) is 0 Å². The van der Waals surface area contributed by atoms with Gasteiger partial charge >= 0.3 is 0 Å². The fraction of sp³-hybridized carbons (Fsp3) is 0.571. The van der Waals surface area contributed by atoms with E-state index in [0.29, 0.717) is 6.42 Å². The van der Waals surface area contributed by atoms with E-state index in [1.165, 1.54) is 0 Å². The summed E-state index contributed by atoms with van der Waals surface area (Å²) in [4.78, 5) is 0. The molecule has 4 heteroatoms. The van der Waals surface area contributed by atoms with Crippen molar-refractivity contribution in [3.8, 4) is 5.75 Å². The fourth-order valence-corrected chi connectivity index (χ4v) is 1.58. The monoisotopic (exact) mass is 273 g/mol. The van der Waals surface area contributed by atoms with Gasteiger partial charge in [-0.25, -0.2) is 0 Å². The van der Waals surface area contributed by atoms with Crippen LogP contribution >= 0.6 is 12.4 Å². The summed E-state index contributed by atoms with van der Waals surface area (Å²) in [6.07, 6.45) is 0.00996. The Bertz CT molecular complexity index is 363. The zero-order valence-electron chi connectivity index (χ0n) is 11.5. The predicted octanol–water partition coefficient (Wildman–Crippen LogP) is 2.91. The molecule has 0 radical (unpaired) electrons. The van der Waals surface area contributed by atoms with Crippen LogP contribution in [-0.2, 0) is 0 Å². The Hall–Kier alpha value is -0.770. The predicted molar refractivity (Wildman–Crippen MR) is 77.2 cm³/mol. The highest BCUT2D eigenvalue weighted by molar-refractivity contribution is 5.85. The molecule has 0 aromatic heterocycles. The van der Waals surface area contributed by atoms with Gasteiger partial charge in [-0.2, -0.15) is 0 Å². The molecule has 1 rings (SSSR count). The lowest BCUT2D eigenvalue weighted by molar-refractivity contribution is 0.133. The summed E-state index contributed by atoms with van der Waals surface area (Å²) in [5.74, 6) is 0.755. The fourth-order valence-electron chi connectivity index (χ4n) is 1.58. The molecule has 18 heavy (non-hydrogen) atoms. The van der Waals surface area contributed by atoms with Crippen LogP contribution < -0.4 is 10.5 Å². The lowest BCUT2D eigenvalue weighted by atomic mass is 9.83. The van der Waals surface area contributed by atoms with Crippen LogP contribution in [0.15, 0.2) is 24.3 Å². The van der Waals surface area contributed by atoms with E-state index in [1.54, 1.807) is 7.11 Å². The Balaban J connectivity index is 0.00000289. The summed E-state index contributed by atoms with van der Waals surface area (Å²) in [5.41, 5.74) is 6.92. The first kappa shape index (κ1) is 17.2. The lowest BCUT2D eigenvalue weighted by Crippen LogP contribution is -2.36. The minimum Gasteiger partial charge on any atom is -0.497 e. The van der Waals surface area contributed by atoms with Crippen LogP contribution in [0.5, 0.6) is 5.75 Å². The van der Waals surface area contributed by atoms with E-state index < -0.39 is 6.10 Å². The van der Waals surface area contributed by atoms with Crippen molar-refractivity contribution in [2.75, 3.05) is 7.11 Å². The smallest absolute Gasteiger partial charge is 0.119 e. The molecule has 1 aromatic rings. The van der Waals surface area contributed by atoms with Gasteiger partial charge in [0.1, 0.15) is 5.75 Å². The summed E-state index contributed by atoms with van der Waals surface area (Å²) in [6.45, 7) is 6.24. The van der Waals surface area contributed by atoms with Gasteiger partial charge in [0.2, 0.25) is 0 Å². The molecule has 0 spiro atoms. The number of ether oxygens (including phenoxy) is 1. The van der Waals surface area contributed by atoms with Crippen LogP contribution in [0.25, 0.3) is 0 Å². The first-order chi connectivity index (χ1) is 7.84. The van der Waals surface area contributed by atoms with Crippen molar-refractivity contribution in [3.63, 3.8) is 0 Å². The van der Waals surface area contributed by atoms with Gasteiger partial charge in [-0.15, -0.1) is 12.4 Å². The van der Waals surface area contributed by atoms with Gasteiger partial charge in [-0.3, -0.25) is 0 Å². The van der Waals surface area contributed by atoms with E-state index in [2.05, 4.69) is 20.8 Å². The van der Waals surface area contributed by atoms with Gasteiger partial charge in [-0.05, 0) is 29.5 Å². The van der Waals surface area contributed by atoms with Crippen LogP contribution in [0.3, 0.4) is 0 Å². The Kier molecular flexibility index (Phi) is 6.68. The quantitative estimate of drug-likeness (QED) is 0.887. The molecule has 0 saturated carbocycles. The minimum absolute atomic E-state index is 0. The van der Waals surface area contributed by atoms with Crippen LogP contribution in [0.2, 0.25) is 0 Å². The second kappa shape index (κ2) is 6.98. The third-order valence-corrected chi connectivity index (χ3v) is 3.07. The molecule has 3 N–H and O–H groups in total. The molecule has 0 fully saturated rings. The van der Waals surface area contributed by atoms with Crippen molar-refractivity contribution < 1.29 is 9.84 Å². The number of rotatable bonds is 4. The Morgan fingerprint density at radius 3 is 2.44 bits per heavy atom. The highest BCUT2D eigenvalue weighted by Crippen LogP contribution is 2.28. The molecule has 0 saturated heterocycles. The van der Waals surface area contributed by atoms with E-state index in [0.717, 1.165) is 11.3 Å². The van der Waals surface area contributed by atoms with Gasteiger partial charge < -0.3 is 15.6 Å². The number of nitrogens with two attached hydrogens (primary N) is 1. The van der Waals surface area contributed by atoms with E-state index in [9.17, 15) is 5.11 Å². The van der Waals surface area contributed by atoms with E-state index in [-0.39, 0.29) is 23.9 Å². The molecule has 0 heterocycles. The largest absolute Gasteiger partial charge is 0.497 e. The molecule has 0 amide bonds. The van der Waals surface area contributed by atoms with E-state index in [4.69, 9.17) is 10.5 Å². The van der Waals surface area contributed by atoms with Crippen LogP contribution in [0.4, 0.5) is 0 Å². The molecule has 0 aliphatic rings. The summed E-state index contributed by atoms with van der Waals surface area (Å²) in [6, 6.07) is 7.44. The van der Waals surface area contributed by atoms with Crippen LogP contribution in [0.1, 0.15) is 38.9 Å². The van der Waals surface area contributed by atoms with Crippen LogP contribution in [0, 0.1) is 5.41 Å². The van der Waals surface area contributed by atoms with Crippen molar-refractivity contribution in [2.24, 2.45) is 11.1 Å². The number of methoxy groups -OCH3 is 1. The van der Waals surface area contributed by atoms with E-state index >= 15 is 0 Å². The number of aliphatic hydroxyl groups is 1. The summed E-state index contributed by atoms with van der Waals surface area (Å²) >= 11 is 0. The maximum Gasteiger partial charge on any atom is 0.119 e. The molecule has 0 aliphatic heterocycles. The first-order valence-electron chi connectivity index (χ1n) is 5.92. The minimum atomic E-state index is -0.542. The molecule has 0 unspecified atom stereocenters. The maximum absolute atomic E-state index is 10.1. The van der Waals surface area contributed by atoms with Gasteiger partial charge in [0.15, 0.2) is 0 Å². The highest BCUT2D eigenvalue weighted by atomic mass is 35.5. The van der Waals surface area contributed by atoms with Crippen molar-refractivity contribution in [2.45, 2.75) is 39.3 Å². The van der Waals surface area contributed by atoms with E-state index in [1.807, 2.05) is 24.3 Å². The summed E-state index contributed by atoms with van der Waals surface area (Å²) in [5, 5.41) is 10.1. The number of halogens is 1. The van der Waals surface area contributed by atoms with Gasteiger partial charge in [0.05, 0.1) is 13.2 Å². The molecule has 3 nitrogen and oxygen atoms in total. The third kappa shape index (κ3) is 4.84. The van der Waals surface area contributed by atoms with Gasteiger partial charge in [-0.1, -0.05) is 32.9 Å². The number of aliphatic hydroxyl groups excluding tert-OH is 1. The Morgan fingerprint density at radius 2 is 1.94 bits per heavy atom. The van der Waals surface area contributed by atoms with Crippen molar-refractivity contribution >= 4 is 12.4 Å². The average molecular weight is 274 g/mol. The molecular formula is C14H24ClNO2. The third-order valence-electron chi connectivity index (χ3n) is 3.07. The topological polar surface area (TPSA) is 55.5 Å². The molecule has 0 aliphatic carbocycles. The van der Waals surface area contributed by atoms with Gasteiger partial charge in [0.25, 0.3) is 0 Å². The normalized spacial score (nSPS) is 14.6. The molecule has 2 atom stereocenters. The average Bonchev–Trinajstić information content (AvgIpc) is 2.27. The van der Waals surface area contributed by atoms with Crippen molar-refractivity contribution in [1.29, 1.82) is 0 Å². The maximum atomic E-state index is 10.1. The SMILES string of the molecule is COc1cccc([C@@H](O)C[C@H](N)C(C)(C)C)c1.Cl. The zero-order chi connectivity index (χ0) is 13.1. The molecule has 104 valence electrons. The number of hydrogen-bond acceptors (Lipinski definition) is 3. The first-order valence-corrected chi connectivity index (χ1v) is 5.92. The highest BCUT2D eigenvalue weighted by Gasteiger charge is 2.24. The Morgan fingerprint density at radius 1 is 1.33 bits per heavy atom. The summed E-state index contributed by atoms with van der Waals surface area (Å²) in [7, 11) is 1.62. The number of hydrogen-bond donors (Lipinski definition) is 2. The zero-order valence-corrected chi connectivity index (χ0v) is 12.3.